The van der Waals surface area contributed by atoms with Crippen LogP contribution in [0.25, 0.3) is 6.08 Å². The first-order valence-corrected chi connectivity index (χ1v) is 16.1. The number of benzene rings is 5. The fourth-order valence-electron chi connectivity index (χ4n) is 4.70. The van der Waals surface area contributed by atoms with Crippen LogP contribution in [0.2, 0.25) is 5.02 Å². The summed E-state index contributed by atoms with van der Waals surface area (Å²) in [4.78, 5) is 51.9. The SMILES string of the molecule is COc1ccc(Cl)cc1NC(=O)C(Sc1ccc(NC(=O)/C(=C/c2ccccc2[N+](=O)[O-])NC(=O)c2ccccc2)cc1)c1ccccc1. The summed E-state index contributed by atoms with van der Waals surface area (Å²) in [5.41, 5.74) is 1.61. The van der Waals surface area contributed by atoms with E-state index in [-0.39, 0.29) is 22.9 Å². The maximum atomic E-state index is 13.6. The standard InChI is InChI=1S/C37H29ClN4O6S/c1-48-33-21-16-27(38)23-30(33)40-37(45)34(24-10-4-2-5-11-24)49-29-19-17-28(18-20-29)39-36(44)31(41-35(43)25-12-6-3-7-13-25)22-26-14-8-9-15-32(26)42(46)47/h2-23,34H,1H3,(H,39,44)(H,40,45)(H,41,43)/b31-22-. The smallest absolute Gasteiger partial charge is 0.276 e. The van der Waals surface area contributed by atoms with Crippen LogP contribution in [-0.2, 0) is 9.59 Å². The lowest BCUT2D eigenvalue weighted by molar-refractivity contribution is -0.385. The average Bonchev–Trinajstić information content (AvgIpc) is 3.12. The van der Waals surface area contributed by atoms with Gasteiger partial charge in [0.1, 0.15) is 16.7 Å². The molecule has 0 fully saturated rings. The van der Waals surface area contributed by atoms with Crippen molar-refractivity contribution in [3.8, 4) is 5.75 Å². The summed E-state index contributed by atoms with van der Waals surface area (Å²) >= 11 is 7.48. The monoisotopic (exact) mass is 692 g/mol. The summed E-state index contributed by atoms with van der Waals surface area (Å²) in [5, 5.41) is 19.7. The number of amides is 3. The normalized spacial score (nSPS) is 11.6. The molecule has 0 saturated heterocycles. The van der Waals surface area contributed by atoms with Gasteiger partial charge in [-0.15, -0.1) is 11.8 Å². The molecule has 0 bridgehead atoms. The molecule has 0 spiro atoms. The fraction of sp³-hybridized carbons (Fsp3) is 0.0541. The lowest BCUT2D eigenvalue weighted by Gasteiger charge is -2.18. The molecular formula is C37H29ClN4O6S. The van der Waals surface area contributed by atoms with Gasteiger partial charge in [-0.25, -0.2) is 0 Å². The van der Waals surface area contributed by atoms with Crippen LogP contribution in [0.3, 0.4) is 0 Å². The first-order chi connectivity index (χ1) is 23.7. The van der Waals surface area contributed by atoms with E-state index in [0.717, 1.165) is 10.5 Å². The molecule has 0 aliphatic carbocycles. The van der Waals surface area contributed by atoms with Gasteiger partial charge < -0.3 is 20.7 Å². The first kappa shape index (κ1) is 34.4. The predicted molar refractivity (Wildman–Crippen MR) is 192 cm³/mol. The van der Waals surface area contributed by atoms with Gasteiger partial charge in [0.2, 0.25) is 5.91 Å². The van der Waals surface area contributed by atoms with E-state index in [1.165, 1.54) is 43.1 Å². The largest absolute Gasteiger partial charge is 0.495 e. The molecule has 3 amide bonds. The minimum Gasteiger partial charge on any atom is -0.495 e. The number of nitrogens with one attached hydrogen (secondary N) is 3. The predicted octanol–water partition coefficient (Wildman–Crippen LogP) is 8.14. The van der Waals surface area contributed by atoms with Gasteiger partial charge in [0, 0.05) is 27.2 Å². The molecule has 12 heteroatoms. The average molecular weight is 693 g/mol. The number of anilines is 2. The zero-order valence-corrected chi connectivity index (χ0v) is 27.5. The molecule has 5 rings (SSSR count). The Morgan fingerprint density at radius 1 is 0.837 bits per heavy atom. The van der Waals surface area contributed by atoms with E-state index in [2.05, 4.69) is 16.0 Å². The molecule has 0 radical (unpaired) electrons. The molecule has 0 saturated carbocycles. The minimum atomic E-state index is -0.695. The Hall–Kier alpha value is -5.91. The van der Waals surface area contributed by atoms with Crippen molar-refractivity contribution < 1.29 is 24.0 Å². The van der Waals surface area contributed by atoms with E-state index >= 15 is 0 Å². The van der Waals surface area contributed by atoms with Crippen molar-refractivity contribution in [1.29, 1.82) is 0 Å². The van der Waals surface area contributed by atoms with Crippen molar-refractivity contribution in [2.75, 3.05) is 17.7 Å². The van der Waals surface area contributed by atoms with Gasteiger partial charge in [-0.2, -0.15) is 0 Å². The maximum absolute atomic E-state index is 13.6. The van der Waals surface area contributed by atoms with Crippen molar-refractivity contribution in [3.05, 3.63) is 165 Å². The molecule has 0 aliphatic heterocycles. The number of carbonyl (C=O) groups excluding carboxylic acids is 3. The Kier molecular flexibility index (Phi) is 11.4. The fourth-order valence-corrected chi connectivity index (χ4v) is 5.90. The Morgan fingerprint density at radius 3 is 2.16 bits per heavy atom. The van der Waals surface area contributed by atoms with Crippen LogP contribution >= 0.6 is 23.4 Å². The van der Waals surface area contributed by atoms with Crippen molar-refractivity contribution in [2.24, 2.45) is 0 Å². The molecule has 3 N–H and O–H groups in total. The second-order valence-corrected chi connectivity index (χ2v) is 12.0. The molecule has 0 aliphatic rings. The number of methoxy groups -OCH3 is 1. The van der Waals surface area contributed by atoms with E-state index in [4.69, 9.17) is 16.3 Å². The molecule has 0 aromatic heterocycles. The summed E-state index contributed by atoms with van der Waals surface area (Å²) in [7, 11) is 1.50. The molecule has 1 unspecified atom stereocenters. The quantitative estimate of drug-likeness (QED) is 0.0519. The van der Waals surface area contributed by atoms with Crippen molar-refractivity contribution in [3.63, 3.8) is 0 Å². The molecule has 10 nitrogen and oxygen atoms in total. The molecule has 0 heterocycles. The third-order valence-electron chi connectivity index (χ3n) is 7.09. The van der Waals surface area contributed by atoms with Gasteiger partial charge in [-0.1, -0.05) is 72.3 Å². The minimum absolute atomic E-state index is 0.137. The molecular weight excluding hydrogens is 664 g/mol. The Labute approximate surface area is 291 Å². The van der Waals surface area contributed by atoms with E-state index < -0.39 is 22.0 Å². The third-order valence-corrected chi connectivity index (χ3v) is 8.59. The lowest BCUT2D eigenvalue weighted by Crippen LogP contribution is -2.30. The summed E-state index contributed by atoms with van der Waals surface area (Å²) in [6, 6.07) is 35.2. The van der Waals surface area contributed by atoms with Crippen LogP contribution in [0.4, 0.5) is 17.1 Å². The van der Waals surface area contributed by atoms with E-state index in [1.807, 2.05) is 30.3 Å². The van der Waals surface area contributed by atoms with Crippen LogP contribution in [0.15, 0.2) is 138 Å². The zero-order chi connectivity index (χ0) is 34.8. The number of nitro benzene ring substituents is 1. The Morgan fingerprint density at radius 2 is 1.49 bits per heavy atom. The summed E-state index contributed by atoms with van der Waals surface area (Å²) < 4.78 is 5.39. The van der Waals surface area contributed by atoms with Crippen molar-refractivity contribution >= 4 is 64.2 Å². The number of hydrogen-bond acceptors (Lipinski definition) is 7. The Balaban J connectivity index is 1.37. The summed E-state index contributed by atoms with van der Waals surface area (Å²) in [6.45, 7) is 0. The highest BCUT2D eigenvalue weighted by Crippen LogP contribution is 2.38. The van der Waals surface area contributed by atoms with Crippen LogP contribution < -0.4 is 20.7 Å². The third kappa shape index (κ3) is 9.13. The number of rotatable bonds is 12. The van der Waals surface area contributed by atoms with E-state index in [0.29, 0.717) is 27.7 Å². The maximum Gasteiger partial charge on any atom is 0.276 e. The van der Waals surface area contributed by atoms with Crippen molar-refractivity contribution in [2.45, 2.75) is 10.1 Å². The number of nitro groups is 1. The van der Waals surface area contributed by atoms with Gasteiger partial charge in [0.15, 0.2) is 0 Å². The molecule has 246 valence electrons. The molecule has 49 heavy (non-hydrogen) atoms. The van der Waals surface area contributed by atoms with Crippen LogP contribution in [0.1, 0.15) is 26.7 Å². The highest BCUT2D eigenvalue weighted by Gasteiger charge is 2.24. The van der Waals surface area contributed by atoms with Crippen molar-refractivity contribution in [1.82, 2.24) is 5.32 Å². The molecule has 5 aromatic carbocycles. The Bertz CT molecular complexity index is 2010. The number of halogens is 1. The number of thioether (sulfide) groups is 1. The molecule has 1 atom stereocenters. The van der Waals surface area contributed by atoms with Gasteiger partial charge in [0.05, 0.1) is 23.3 Å². The number of ether oxygens (including phenoxy) is 1. The number of hydrogen-bond donors (Lipinski definition) is 3. The summed E-state index contributed by atoms with van der Waals surface area (Å²) in [5.74, 6) is -1.09. The number of para-hydroxylation sites is 1. The van der Waals surface area contributed by atoms with Crippen LogP contribution in [-0.4, -0.2) is 29.8 Å². The van der Waals surface area contributed by atoms with E-state index in [1.54, 1.807) is 78.9 Å². The van der Waals surface area contributed by atoms with Gasteiger partial charge in [-0.05, 0) is 72.3 Å². The van der Waals surface area contributed by atoms with Gasteiger partial charge in [-0.3, -0.25) is 24.5 Å². The van der Waals surface area contributed by atoms with Gasteiger partial charge in [0.25, 0.3) is 17.5 Å². The highest BCUT2D eigenvalue weighted by molar-refractivity contribution is 8.00. The topological polar surface area (TPSA) is 140 Å². The highest BCUT2D eigenvalue weighted by atomic mass is 35.5. The van der Waals surface area contributed by atoms with Crippen LogP contribution in [0, 0.1) is 10.1 Å². The molecule has 5 aromatic rings. The second kappa shape index (κ2) is 16.3. The lowest BCUT2D eigenvalue weighted by atomic mass is 10.1. The van der Waals surface area contributed by atoms with E-state index in [9.17, 15) is 24.5 Å². The zero-order valence-electron chi connectivity index (χ0n) is 26.0. The van der Waals surface area contributed by atoms with Gasteiger partial charge >= 0.3 is 0 Å². The second-order valence-electron chi connectivity index (χ2n) is 10.4. The number of carbonyl (C=O) groups is 3. The first-order valence-electron chi connectivity index (χ1n) is 14.8. The van der Waals surface area contributed by atoms with Crippen LogP contribution in [0.5, 0.6) is 5.75 Å². The number of nitrogens with zero attached hydrogens (tertiary/aromatic N) is 1. The summed E-state index contributed by atoms with van der Waals surface area (Å²) in [6.07, 6.45) is 1.26.